The van der Waals surface area contributed by atoms with Crippen molar-refractivity contribution >= 4 is 59.9 Å². The van der Waals surface area contributed by atoms with E-state index < -0.39 is 130 Å². The number of hydrogen-bond donors (Lipinski definition) is 5. The number of carboxylic acids is 1. The van der Waals surface area contributed by atoms with Gasteiger partial charge in [0, 0.05) is 48.9 Å². The number of alkyl carbamates (subject to hydrolysis) is 2. The summed E-state index contributed by atoms with van der Waals surface area (Å²) in [7, 11) is 0. The molecule has 6 aliphatic heterocycles. The molecule has 4 fully saturated rings. The van der Waals surface area contributed by atoms with Crippen LogP contribution in [0, 0.1) is 23.5 Å². The maximum atomic E-state index is 14.3. The lowest BCUT2D eigenvalue weighted by molar-refractivity contribution is -0.150. The molecule has 0 aromatic heterocycles. The maximum absolute atomic E-state index is 14.3. The third-order valence-electron chi connectivity index (χ3n) is 17.8. The number of aliphatic carboxylic acids is 1. The topological polar surface area (TPSA) is 298 Å². The monoisotopic (exact) mass is 1320 g/mol. The molecule has 2 aromatic carbocycles. The molecule has 5 N–H and O–H groups in total. The van der Waals surface area contributed by atoms with Gasteiger partial charge in [-0.05, 0) is 123 Å². The Morgan fingerprint density at radius 1 is 0.606 bits per heavy atom. The Bertz CT molecular complexity index is 3240. The van der Waals surface area contributed by atoms with Crippen molar-refractivity contribution in [1.29, 1.82) is 0 Å². The van der Waals surface area contributed by atoms with Gasteiger partial charge in [0.2, 0.25) is 23.6 Å². The Labute approximate surface area is 548 Å². The van der Waals surface area contributed by atoms with Crippen LogP contribution in [0.25, 0.3) is 0 Å². The zero-order valence-electron chi connectivity index (χ0n) is 53.4. The van der Waals surface area contributed by atoms with Gasteiger partial charge in [-0.25, -0.2) is 37.5 Å². The molecule has 0 bridgehead atoms. The van der Waals surface area contributed by atoms with Crippen LogP contribution in [-0.2, 0) is 78.6 Å². The molecule has 2 saturated heterocycles. The number of esters is 1. The van der Waals surface area contributed by atoms with Crippen LogP contribution in [0.15, 0.2) is 60.7 Å². The fourth-order valence-corrected chi connectivity index (χ4v) is 12.9. The second-order valence-electron chi connectivity index (χ2n) is 27.1. The minimum Gasteiger partial charge on any atom is -0.479 e. The van der Waals surface area contributed by atoms with Gasteiger partial charge in [0.15, 0.2) is 0 Å². The van der Waals surface area contributed by atoms with Crippen molar-refractivity contribution in [3.8, 4) is 0 Å². The average Bonchev–Trinajstić information content (AvgIpc) is 1.59. The molecular weight excluding hydrogens is 1220 g/mol. The second kappa shape index (κ2) is 30.4. The van der Waals surface area contributed by atoms with Crippen molar-refractivity contribution in [3.63, 3.8) is 0 Å². The van der Waals surface area contributed by atoms with Crippen LogP contribution < -0.4 is 21.3 Å². The summed E-state index contributed by atoms with van der Waals surface area (Å²) in [5.74, 6) is -5.51. The highest BCUT2D eigenvalue weighted by molar-refractivity contribution is 5.98. The van der Waals surface area contributed by atoms with Gasteiger partial charge >= 0.3 is 36.3 Å². The molecule has 0 radical (unpaired) electrons. The minimum atomic E-state index is -1.49. The van der Waals surface area contributed by atoms with Crippen molar-refractivity contribution in [2.24, 2.45) is 11.8 Å². The van der Waals surface area contributed by atoms with Crippen LogP contribution in [0.4, 0.5) is 28.0 Å². The number of carbonyl (C=O) groups excluding carboxylic acids is 9. The summed E-state index contributed by atoms with van der Waals surface area (Å²) in [5, 5.41) is 20.9. The van der Waals surface area contributed by atoms with E-state index >= 15 is 0 Å². The number of ether oxygens (including phenoxy) is 5. The van der Waals surface area contributed by atoms with E-state index in [1.54, 1.807) is 72.7 Å². The van der Waals surface area contributed by atoms with E-state index in [9.17, 15) is 61.8 Å². The summed E-state index contributed by atoms with van der Waals surface area (Å²) < 4.78 is 56.3. The third kappa shape index (κ3) is 17.5. The Kier molecular flexibility index (Phi) is 23.6. The molecule has 26 heteroatoms. The number of rotatable bonds is 7. The predicted octanol–water partition coefficient (Wildman–Crippen LogP) is 8.99. The predicted molar refractivity (Wildman–Crippen MR) is 339 cm³/mol. The quantitative estimate of drug-likeness (QED) is 0.0981. The van der Waals surface area contributed by atoms with Crippen LogP contribution >= 0.6 is 0 Å². The molecule has 10 rings (SSSR count). The summed E-state index contributed by atoms with van der Waals surface area (Å²) in [5.41, 5.74) is -2.16. The number of hydrogen-bond acceptors (Lipinski definition) is 15. The van der Waals surface area contributed by atoms with E-state index in [4.69, 9.17) is 23.7 Å². The molecule has 516 valence electrons. The molecule has 8 amide bonds. The van der Waals surface area contributed by atoms with Gasteiger partial charge in [-0.2, -0.15) is 0 Å². The summed E-state index contributed by atoms with van der Waals surface area (Å²) in [6.45, 7) is 12.2. The zero-order chi connectivity index (χ0) is 66.5. The van der Waals surface area contributed by atoms with Gasteiger partial charge in [-0.15, -0.1) is 0 Å². The molecule has 94 heavy (non-hydrogen) atoms. The summed E-state index contributed by atoms with van der Waals surface area (Å²) >= 11 is 0. The van der Waals surface area contributed by atoms with E-state index in [-0.39, 0.29) is 98.2 Å². The molecule has 24 nitrogen and oxygen atoms in total. The van der Waals surface area contributed by atoms with E-state index in [0.717, 1.165) is 38.5 Å². The first-order chi connectivity index (χ1) is 43.6. The van der Waals surface area contributed by atoms with Crippen molar-refractivity contribution in [2.75, 3.05) is 19.7 Å². The van der Waals surface area contributed by atoms with Gasteiger partial charge in [-0.3, -0.25) is 29.0 Å². The summed E-state index contributed by atoms with van der Waals surface area (Å²) in [6, 6.07) is 5.02. The smallest absolute Gasteiger partial charge is 0.410 e. The lowest BCUT2D eigenvalue weighted by atomic mass is 10.0. The summed E-state index contributed by atoms with van der Waals surface area (Å²) in [6.07, 6.45) is 9.93. The number of amides is 8. The number of carbonyl (C=O) groups is 10. The second-order valence-corrected chi connectivity index (χ2v) is 27.1. The SMILES string of the molecule is C.C.CC(C)(C)OC(=O)N[C@H]1CCCCC/C=C\[C@@H]2C[C@@]2(C(=O)O)NC(=O)[C@@H]2C[C@@H](OC(=O)N3Cc4cccc(F)c4C3)CN2C1=O.CCOC(=O)[C@@]12C[C@H]1/C=C\CCCCC[C@H](NC(=O)OC(C)(C)C)C(=O)N1C[C@H](OC(=O)N3Cc4cccc(F)c4C3)C[C@H]1C(=O)N2. The lowest BCUT2D eigenvalue weighted by Gasteiger charge is -2.30. The number of nitrogens with one attached hydrogen (secondary N) is 4. The standard InChI is InChI=1S/C34H45FN4O8.C32H41FN4O8.2CH4/c1-5-45-30(42)34-17-22(34)13-9-7-6-8-10-15-26(36-31(43)47-33(2,3)4)29(41)39-19-23(16-27(39)28(40)37-34)46-32(44)38-18-21-12-11-14-25(35)24(21)20-38;1-31(2,3)45-29(42)34-24-13-8-6-4-5-7-11-20-15-32(20,28(40)41)35-26(38)25-14-21(17-37(25)27(24)39)44-30(43)36-16-19-10-9-12-23(33)22(19)18-36;;/h9,11-14,22-23,26-27H,5-8,10,15-20H2,1-4H3,(H,36,43)(H,37,40);7,9-12,20-21,24-25H,4-6,8,13-18H2,1-3H3,(H,34,42)(H,35,38)(H,40,41);2*1H4/b13-9-;11-7-;;/t22-,23-,26+,27+,34-;20-,21-,24+,25+,32-;;/m11../s1. The first-order valence-electron chi connectivity index (χ1n) is 32.0. The van der Waals surface area contributed by atoms with Gasteiger partial charge in [0.25, 0.3) is 0 Å². The lowest BCUT2D eigenvalue weighted by Crippen LogP contribution is -2.56. The Hall–Kier alpha value is -8.32. The average molecular weight is 1320 g/mol. The molecule has 6 heterocycles. The molecule has 2 aromatic rings. The number of benzene rings is 2. The van der Waals surface area contributed by atoms with Gasteiger partial charge in [-0.1, -0.05) is 89.1 Å². The highest BCUT2D eigenvalue weighted by Gasteiger charge is 2.63. The van der Waals surface area contributed by atoms with Gasteiger partial charge < -0.3 is 59.9 Å². The van der Waals surface area contributed by atoms with Crippen LogP contribution in [0.1, 0.15) is 175 Å². The number of carboxylic acid groups (broad SMARTS) is 1. The molecule has 8 aliphatic rings. The summed E-state index contributed by atoms with van der Waals surface area (Å²) in [4.78, 5) is 139. The number of nitrogens with zero attached hydrogens (tertiary/aromatic N) is 4. The first kappa shape index (κ1) is 73.1. The molecule has 0 unspecified atom stereocenters. The Morgan fingerprint density at radius 3 is 1.43 bits per heavy atom. The van der Waals surface area contributed by atoms with E-state index in [1.165, 1.54) is 31.7 Å². The van der Waals surface area contributed by atoms with E-state index in [1.807, 2.05) is 24.3 Å². The van der Waals surface area contributed by atoms with Crippen molar-refractivity contribution in [2.45, 2.75) is 238 Å². The van der Waals surface area contributed by atoms with Gasteiger partial charge in [0.1, 0.15) is 70.3 Å². The first-order valence-corrected chi connectivity index (χ1v) is 32.0. The fourth-order valence-electron chi connectivity index (χ4n) is 12.9. The van der Waals surface area contributed by atoms with Crippen LogP contribution in [0.3, 0.4) is 0 Å². The molecule has 10 atom stereocenters. The molecular formula is C68H94F2N8O16. The van der Waals surface area contributed by atoms with E-state index in [0.29, 0.717) is 47.9 Å². The Balaban J connectivity index is 0.000000261. The molecule has 0 spiro atoms. The maximum Gasteiger partial charge on any atom is 0.410 e. The number of halogens is 2. The Morgan fingerprint density at radius 2 is 1.02 bits per heavy atom. The third-order valence-corrected chi connectivity index (χ3v) is 17.8. The van der Waals surface area contributed by atoms with Crippen LogP contribution in [-0.4, -0.2) is 163 Å². The molecule has 2 saturated carbocycles. The van der Waals surface area contributed by atoms with E-state index in [2.05, 4.69) is 21.3 Å². The van der Waals surface area contributed by atoms with Crippen LogP contribution in [0.5, 0.6) is 0 Å². The van der Waals surface area contributed by atoms with Crippen LogP contribution in [0.2, 0.25) is 0 Å². The van der Waals surface area contributed by atoms with Crippen molar-refractivity contribution in [3.05, 3.63) is 94.6 Å². The fraction of sp³-hybridized carbons (Fsp3) is 0.618. The minimum absolute atomic E-state index is 0. The normalized spacial score (nSPS) is 28.2. The van der Waals surface area contributed by atoms with Gasteiger partial charge in [0.05, 0.1) is 32.8 Å². The van der Waals surface area contributed by atoms with Crippen molar-refractivity contribution in [1.82, 2.24) is 40.9 Å². The highest BCUT2D eigenvalue weighted by atomic mass is 19.1. The largest absolute Gasteiger partial charge is 0.479 e. The highest BCUT2D eigenvalue weighted by Crippen LogP contribution is 2.47. The molecule has 2 aliphatic carbocycles. The number of allylic oxidation sites excluding steroid dienone is 2. The zero-order valence-corrected chi connectivity index (χ0v) is 53.4. The number of fused-ring (bicyclic) bond motifs is 6. The van der Waals surface area contributed by atoms with Crippen molar-refractivity contribution < 1.29 is 85.5 Å².